The van der Waals surface area contributed by atoms with Crippen molar-refractivity contribution >= 4 is 6.29 Å². The van der Waals surface area contributed by atoms with Crippen LogP contribution < -0.4 is 4.74 Å². The lowest BCUT2D eigenvalue weighted by Crippen LogP contribution is -1.97. The zero-order chi connectivity index (χ0) is 17.7. The van der Waals surface area contributed by atoms with Gasteiger partial charge in [0, 0.05) is 18.0 Å². The Balaban J connectivity index is 1.65. The van der Waals surface area contributed by atoms with Crippen LogP contribution in [-0.4, -0.2) is 22.9 Å². The molecule has 0 saturated carbocycles. The van der Waals surface area contributed by atoms with E-state index in [-0.39, 0.29) is 0 Å². The molecule has 134 valence electrons. The van der Waals surface area contributed by atoms with Gasteiger partial charge in [-0.25, -0.2) is 9.97 Å². The lowest BCUT2D eigenvalue weighted by molar-refractivity contribution is 0.112. The molecule has 0 radical (unpaired) electrons. The molecule has 2 aromatic rings. The summed E-state index contributed by atoms with van der Waals surface area (Å²) in [7, 11) is 0. The van der Waals surface area contributed by atoms with E-state index in [4.69, 9.17) is 4.74 Å². The van der Waals surface area contributed by atoms with Crippen LogP contribution in [0.3, 0.4) is 0 Å². The number of benzene rings is 1. The Labute approximate surface area is 150 Å². The predicted octanol–water partition coefficient (Wildman–Crippen LogP) is 5.48. The largest absolute Gasteiger partial charge is 0.494 e. The number of hydrogen-bond donors (Lipinski definition) is 0. The molecule has 0 aliphatic carbocycles. The molecule has 0 saturated heterocycles. The fourth-order valence-corrected chi connectivity index (χ4v) is 2.67. The fourth-order valence-electron chi connectivity index (χ4n) is 2.67. The van der Waals surface area contributed by atoms with Crippen molar-refractivity contribution in [3.63, 3.8) is 0 Å². The first-order valence-electron chi connectivity index (χ1n) is 9.34. The Kier molecular flexibility index (Phi) is 8.67. The van der Waals surface area contributed by atoms with E-state index in [0.717, 1.165) is 30.6 Å². The quantitative estimate of drug-likeness (QED) is 0.379. The molecule has 4 heteroatoms. The molecule has 25 heavy (non-hydrogen) atoms. The maximum Gasteiger partial charge on any atom is 0.159 e. The summed E-state index contributed by atoms with van der Waals surface area (Å²) in [5.74, 6) is 1.48. The maximum atomic E-state index is 10.6. The van der Waals surface area contributed by atoms with E-state index in [1.807, 2.05) is 24.3 Å². The van der Waals surface area contributed by atoms with Gasteiger partial charge in [0.2, 0.25) is 0 Å². The summed E-state index contributed by atoms with van der Waals surface area (Å²) in [4.78, 5) is 19.0. The van der Waals surface area contributed by atoms with Gasteiger partial charge in [-0.3, -0.25) is 4.79 Å². The molecule has 0 amide bonds. The number of aromatic nitrogens is 2. The molecular formula is C21H28N2O2. The molecule has 0 aliphatic heterocycles. The molecule has 0 unspecified atom stereocenters. The number of rotatable bonds is 12. The van der Waals surface area contributed by atoms with Crippen molar-refractivity contribution in [2.45, 2.75) is 58.3 Å². The van der Waals surface area contributed by atoms with E-state index >= 15 is 0 Å². The highest BCUT2D eigenvalue weighted by atomic mass is 16.5. The summed E-state index contributed by atoms with van der Waals surface area (Å²) in [6.45, 7) is 3.01. The highest BCUT2D eigenvalue weighted by molar-refractivity contribution is 5.73. The third kappa shape index (κ3) is 7.04. The van der Waals surface area contributed by atoms with Crippen LogP contribution in [0.4, 0.5) is 0 Å². The topological polar surface area (TPSA) is 52.1 Å². The Morgan fingerprint density at radius 3 is 2.08 bits per heavy atom. The number of ether oxygens (including phenoxy) is 1. The third-order valence-corrected chi connectivity index (χ3v) is 4.19. The van der Waals surface area contributed by atoms with Crippen LogP contribution in [0.1, 0.15) is 68.6 Å². The molecule has 0 atom stereocenters. The standard InChI is InChI=1S/C21H28N2O2/c1-2-3-4-5-6-7-8-9-14-25-20-12-10-19(11-13-20)21-22-15-18(17-24)16-23-21/h10-13,15-17H,2-9,14H2,1H3. The van der Waals surface area contributed by atoms with Crippen LogP contribution in [0.5, 0.6) is 5.75 Å². The van der Waals surface area contributed by atoms with Crippen molar-refractivity contribution in [3.8, 4) is 17.1 Å². The lowest BCUT2D eigenvalue weighted by atomic mass is 10.1. The van der Waals surface area contributed by atoms with Crippen molar-refractivity contribution in [1.82, 2.24) is 9.97 Å². The van der Waals surface area contributed by atoms with Crippen LogP contribution in [0, 0.1) is 0 Å². The number of aldehydes is 1. The summed E-state index contributed by atoms with van der Waals surface area (Å²) < 4.78 is 5.79. The Morgan fingerprint density at radius 1 is 0.880 bits per heavy atom. The first kappa shape index (κ1) is 19.1. The van der Waals surface area contributed by atoms with Gasteiger partial charge in [-0.1, -0.05) is 51.9 Å². The summed E-state index contributed by atoms with van der Waals surface area (Å²) >= 11 is 0. The molecule has 0 N–H and O–H groups in total. The SMILES string of the molecule is CCCCCCCCCCOc1ccc(-c2ncc(C=O)cn2)cc1. The van der Waals surface area contributed by atoms with Crippen LogP contribution in [0.15, 0.2) is 36.7 Å². The molecule has 0 aliphatic rings. The van der Waals surface area contributed by atoms with Crippen molar-refractivity contribution in [2.24, 2.45) is 0 Å². The van der Waals surface area contributed by atoms with Crippen molar-refractivity contribution < 1.29 is 9.53 Å². The van der Waals surface area contributed by atoms with Crippen molar-refractivity contribution in [1.29, 1.82) is 0 Å². The number of carbonyl (C=O) groups is 1. The summed E-state index contributed by atoms with van der Waals surface area (Å²) in [5.41, 5.74) is 1.39. The van der Waals surface area contributed by atoms with E-state index in [1.165, 1.54) is 57.3 Å². The predicted molar refractivity (Wildman–Crippen MR) is 101 cm³/mol. The van der Waals surface area contributed by atoms with Gasteiger partial charge >= 0.3 is 0 Å². The fraction of sp³-hybridized carbons (Fsp3) is 0.476. The average Bonchev–Trinajstić information content (AvgIpc) is 2.67. The molecule has 4 nitrogen and oxygen atoms in total. The summed E-state index contributed by atoms with van der Waals surface area (Å²) in [6.07, 6.45) is 14.2. The zero-order valence-corrected chi connectivity index (χ0v) is 15.1. The summed E-state index contributed by atoms with van der Waals surface area (Å²) in [5, 5.41) is 0. The summed E-state index contributed by atoms with van der Waals surface area (Å²) in [6, 6.07) is 7.77. The molecule has 0 bridgehead atoms. The zero-order valence-electron chi connectivity index (χ0n) is 15.1. The van der Waals surface area contributed by atoms with Crippen molar-refractivity contribution in [2.75, 3.05) is 6.61 Å². The van der Waals surface area contributed by atoms with Gasteiger partial charge in [0.05, 0.1) is 12.2 Å². The van der Waals surface area contributed by atoms with E-state index in [1.54, 1.807) is 0 Å². The number of carbonyl (C=O) groups excluding carboxylic acids is 1. The third-order valence-electron chi connectivity index (χ3n) is 4.19. The molecule has 1 heterocycles. The van der Waals surface area contributed by atoms with Gasteiger partial charge in [-0.2, -0.15) is 0 Å². The molecule has 2 rings (SSSR count). The molecule has 1 aromatic carbocycles. The van der Waals surface area contributed by atoms with Crippen LogP contribution in [-0.2, 0) is 0 Å². The highest BCUT2D eigenvalue weighted by Gasteiger charge is 2.02. The molecular weight excluding hydrogens is 312 g/mol. The van der Waals surface area contributed by atoms with E-state index in [9.17, 15) is 4.79 Å². The highest BCUT2D eigenvalue weighted by Crippen LogP contribution is 2.19. The monoisotopic (exact) mass is 340 g/mol. The van der Waals surface area contributed by atoms with E-state index in [2.05, 4.69) is 16.9 Å². The van der Waals surface area contributed by atoms with Crippen LogP contribution >= 0.6 is 0 Å². The van der Waals surface area contributed by atoms with Gasteiger partial charge in [-0.15, -0.1) is 0 Å². The van der Waals surface area contributed by atoms with Gasteiger partial charge in [-0.05, 0) is 30.7 Å². The van der Waals surface area contributed by atoms with Crippen LogP contribution in [0.25, 0.3) is 11.4 Å². The molecule has 0 spiro atoms. The maximum absolute atomic E-state index is 10.6. The Morgan fingerprint density at radius 2 is 1.48 bits per heavy atom. The minimum atomic E-state index is 0.481. The number of hydrogen-bond acceptors (Lipinski definition) is 4. The first-order chi connectivity index (χ1) is 12.3. The minimum absolute atomic E-state index is 0.481. The van der Waals surface area contributed by atoms with Crippen LogP contribution in [0.2, 0.25) is 0 Å². The normalized spacial score (nSPS) is 10.6. The Bertz CT molecular complexity index is 609. The lowest BCUT2D eigenvalue weighted by Gasteiger charge is -2.07. The average molecular weight is 340 g/mol. The number of unbranched alkanes of at least 4 members (excludes halogenated alkanes) is 7. The second kappa shape index (κ2) is 11.3. The Hall–Kier alpha value is -2.23. The van der Waals surface area contributed by atoms with E-state index < -0.39 is 0 Å². The second-order valence-electron chi connectivity index (χ2n) is 6.31. The van der Waals surface area contributed by atoms with Gasteiger partial charge in [0.25, 0.3) is 0 Å². The van der Waals surface area contributed by atoms with Crippen molar-refractivity contribution in [3.05, 3.63) is 42.2 Å². The number of nitrogens with zero attached hydrogens (tertiary/aromatic N) is 2. The van der Waals surface area contributed by atoms with Gasteiger partial charge in [0.15, 0.2) is 12.1 Å². The van der Waals surface area contributed by atoms with Gasteiger partial charge < -0.3 is 4.74 Å². The molecule has 0 fully saturated rings. The minimum Gasteiger partial charge on any atom is -0.494 e. The van der Waals surface area contributed by atoms with Gasteiger partial charge in [0.1, 0.15) is 5.75 Å². The molecule has 1 aromatic heterocycles. The smallest absolute Gasteiger partial charge is 0.159 e. The second-order valence-corrected chi connectivity index (χ2v) is 6.31. The van der Waals surface area contributed by atoms with E-state index in [0.29, 0.717) is 11.4 Å². The first-order valence-corrected chi connectivity index (χ1v) is 9.34.